The Kier molecular flexibility index (Phi) is 6.08. The molecule has 0 atom stereocenters. The highest BCUT2D eigenvalue weighted by Gasteiger charge is 2.62. The normalized spacial score (nSPS) is 25.0. The first kappa shape index (κ1) is 30.2. The highest BCUT2D eigenvalue weighted by atomic mass is 28.3. The molecule has 0 unspecified atom stereocenters. The van der Waals surface area contributed by atoms with Crippen molar-refractivity contribution in [1.29, 1.82) is 0 Å². The molecule has 5 aliphatic carbocycles. The van der Waals surface area contributed by atoms with Crippen molar-refractivity contribution in [3.05, 3.63) is 133 Å². The van der Waals surface area contributed by atoms with Crippen molar-refractivity contribution in [3.8, 4) is 56.4 Å². The second-order valence-electron chi connectivity index (χ2n) is 17.1. The van der Waals surface area contributed by atoms with E-state index in [-0.39, 0.29) is 5.41 Å². The summed E-state index contributed by atoms with van der Waals surface area (Å²) in [7, 11) is -2.21. The number of rotatable bonds is 3. The molecule has 0 N–H and O–H groups in total. The zero-order valence-electron chi connectivity index (χ0n) is 30.2. The molecule has 4 saturated carbocycles. The van der Waals surface area contributed by atoms with Crippen molar-refractivity contribution < 1.29 is 0 Å². The molecule has 0 saturated heterocycles. The van der Waals surface area contributed by atoms with Crippen molar-refractivity contribution in [2.75, 3.05) is 0 Å². The van der Waals surface area contributed by atoms with Gasteiger partial charge in [-0.2, -0.15) is 0 Å². The molecule has 0 amide bonds. The fraction of sp³-hybridized carbons (Fsp3) is 0.250. The van der Waals surface area contributed by atoms with Gasteiger partial charge in [-0.25, -0.2) is 15.0 Å². The number of aromatic nitrogens is 4. The van der Waals surface area contributed by atoms with E-state index in [0.717, 1.165) is 28.8 Å². The van der Waals surface area contributed by atoms with Gasteiger partial charge in [0, 0.05) is 34.5 Å². The topological polar surface area (TPSA) is 51.6 Å². The molecule has 3 heterocycles. The lowest BCUT2D eigenvalue weighted by Gasteiger charge is -2.61. The van der Waals surface area contributed by atoms with Gasteiger partial charge in [0.1, 0.15) is 8.07 Å². The lowest BCUT2D eigenvalue weighted by molar-refractivity contribution is -0.0399. The molecule has 1 aliphatic heterocycles. The molecule has 53 heavy (non-hydrogen) atoms. The van der Waals surface area contributed by atoms with E-state index in [0.29, 0.717) is 23.5 Å². The maximum Gasteiger partial charge on any atom is 0.165 e. The molecular formula is C48H40N4Si. The molecule has 256 valence electrons. The van der Waals surface area contributed by atoms with Crippen LogP contribution in [0.3, 0.4) is 0 Å². The van der Waals surface area contributed by atoms with Crippen molar-refractivity contribution in [3.63, 3.8) is 0 Å². The van der Waals surface area contributed by atoms with Crippen LogP contribution in [0.15, 0.2) is 122 Å². The van der Waals surface area contributed by atoms with Gasteiger partial charge in [-0.3, -0.25) is 4.98 Å². The Morgan fingerprint density at radius 3 is 2.02 bits per heavy atom. The third-order valence-corrected chi connectivity index (χ3v) is 17.7. The first-order valence-corrected chi connectivity index (χ1v) is 22.6. The number of nitrogens with zero attached hydrogens (tertiary/aromatic N) is 4. The van der Waals surface area contributed by atoms with Gasteiger partial charge in [-0.1, -0.05) is 110 Å². The molecule has 4 nitrogen and oxygen atoms in total. The van der Waals surface area contributed by atoms with Crippen LogP contribution in [0.2, 0.25) is 13.1 Å². The van der Waals surface area contributed by atoms with Gasteiger partial charge in [0.05, 0.1) is 0 Å². The minimum atomic E-state index is -2.21. The fourth-order valence-corrected chi connectivity index (χ4v) is 15.9. The Labute approximate surface area is 311 Å². The smallest absolute Gasteiger partial charge is 0.165 e. The van der Waals surface area contributed by atoms with E-state index in [1.807, 2.05) is 18.5 Å². The molecule has 5 aromatic carbocycles. The van der Waals surface area contributed by atoms with Gasteiger partial charge in [0.25, 0.3) is 0 Å². The Balaban J connectivity index is 1.24. The van der Waals surface area contributed by atoms with Gasteiger partial charge in [0.15, 0.2) is 17.5 Å². The molecule has 13 rings (SSSR count). The van der Waals surface area contributed by atoms with Crippen molar-refractivity contribution in [2.45, 2.75) is 50.6 Å². The highest BCUT2D eigenvalue weighted by Crippen LogP contribution is 2.70. The lowest BCUT2D eigenvalue weighted by atomic mass is 9.43. The van der Waals surface area contributed by atoms with Crippen LogP contribution in [0, 0.1) is 23.7 Å². The number of benzene rings is 5. The monoisotopic (exact) mass is 700 g/mol. The highest BCUT2D eigenvalue weighted by molar-refractivity contribution is 7.05. The molecular weight excluding hydrogens is 661 g/mol. The Morgan fingerprint density at radius 2 is 1.25 bits per heavy atom. The minimum absolute atomic E-state index is 0.0337. The standard InChI is InChI=1S/C48H40N4Si/c1-53(2)40-26-39-41(36-16-8-9-17-38(36)48(39)33-22-28-21-29(24-33)25-34(48)23-28)43(42(40)37-19-18-30-11-6-7-15-35(30)44(37)53)47-51-45(31-12-4-3-5-13-31)50-46(52-47)32-14-10-20-49-27-32/h3-20,26-29,33-34H,21-25H2,1-2H3. The molecule has 4 fully saturated rings. The van der Waals surface area contributed by atoms with E-state index >= 15 is 0 Å². The maximum atomic E-state index is 5.51. The van der Waals surface area contributed by atoms with Crippen LogP contribution in [-0.4, -0.2) is 28.0 Å². The van der Waals surface area contributed by atoms with E-state index in [4.69, 9.17) is 15.0 Å². The van der Waals surface area contributed by atoms with Crippen LogP contribution in [0.25, 0.3) is 67.2 Å². The Morgan fingerprint density at radius 1 is 0.566 bits per heavy atom. The Bertz CT molecular complexity index is 2580. The van der Waals surface area contributed by atoms with Crippen molar-refractivity contribution >= 4 is 29.2 Å². The van der Waals surface area contributed by atoms with Crippen LogP contribution in [-0.2, 0) is 5.41 Å². The summed E-state index contributed by atoms with van der Waals surface area (Å²) in [4.78, 5) is 20.6. The first-order valence-electron chi connectivity index (χ1n) is 19.6. The summed E-state index contributed by atoms with van der Waals surface area (Å²) < 4.78 is 0. The summed E-state index contributed by atoms with van der Waals surface area (Å²) in [6.45, 7) is 5.19. The molecule has 7 aromatic rings. The predicted octanol–water partition coefficient (Wildman–Crippen LogP) is 9.95. The van der Waals surface area contributed by atoms with Crippen LogP contribution in [0.4, 0.5) is 0 Å². The summed E-state index contributed by atoms with van der Waals surface area (Å²) in [5, 5.41) is 5.81. The number of fused-ring (bicyclic) bond motifs is 8. The summed E-state index contributed by atoms with van der Waals surface area (Å²) in [6.07, 6.45) is 10.6. The minimum Gasteiger partial charge on any atom is -0.264 e. The van der Waals surface area contributed by atoms with Gasteiger partial charge < -0.3 is 0 Å². The van der Waals surface area contributed by atoms with E-state index in [1.165, 1.54) is 70.7 Å². The molecule has 4 bridgehead atoms. The number of hydrogen-bond acceptors (Lipinski definition) is 4. The summed E-state index contributed by atoms with van der Waals surface area (Å²) in [5.74, 6) is 5.24. The average Bonchev–Trinajstić information content (AvgIpc) is 3.62. The van der Waals surface area contributed by atoms with Gasteiger partial charge >= 0.3 is 0 Å². The maximum absolute atomic E-state index is 5.51. The average molecular weight is 701 g/mol. The lowest BCUT2D eigenvalue weighted by Crippen LogP contribution is -2.56. The number of hydrogen-bond donors (Lipinski definition) is 0. The number of pyridine rings is 1. The zero-order valence-corrected chi connectivity index (χ0v) is 31.2. The first-order chi connectivity index (χ1) is 26.0. The molecule has 0 radical (unpaired) electrons. The molecule has 2 aromatic heterocycles. The predicted molar refractivity (Wildman–Crippen MR) is 217 cm³/mol. The van der Waals surface area contributed by atoms with Crippen molar-refractivity contribution in [1.82, 2.24) is 19.9 Å². The van der Waals surface area contributed by atoms with E-state index in [9.17, 15) is 0 Å². The van der Waals surface area contributed by atoms with E-state index in [1.54, 1.807) is 21.5 Å². The SMILES string of the molecule is C[Si]1(C)c2cc3c(c(-c4nc(-c5ccccc5)nc(-c5cccnc5)n4)c2-c2ccc4ccccc4c21)-c1ccccc1C31C2CC3CC(C2)CC1C3. The quantitative estimate of drug-likeness (QED) is 0.172. The van der Waals surface area contributed by atoms with Crippen LogP contribution < -0.4 is 10.4 Å². The summed E-state index contributed by atoms with van der Waals surface area (Å²) in [6, 6.07) is 40.5. The summed E-state index contributed by atoms with van der Waals surface area (Å²) >= 11 is 0. The fourth-order valence-electron chi connectivity index (χ4n) is 12.4. The van der Waals surface area contributed by atoms with Gasteiger partial charge in [-0.15, -0.1) is 0 Å². The van der Waals surface area contributed by atoms with E-state index in [2.05, 4.69) is 121 Å². The van der Waals surface area contributed by atoms with E-state index < -0.39 is 8.07 Å². The third kappa shape index (κ3) is 3.96. The van der Waals surface area contributed by atoms with Crippen LogP contribution >= 0.6 is 0 Å². The third-order valence-electron chi connectivity index (χ3n) is 14.1. The molecule has 1 spiro atoms. The van der Waals surface area contributed by atoms with Gasteiger partial charge in [-0.05, 0) is 122 Å². The zero-order chi connectivity index (χ0) is 35.1. The van der Waals surface area contributed by atoms with Gasteiger partial charge in [0.2, 0.25) is 0 Å². The van der Waals surface area contributed by atoms with Crippen LogP contribution in [0.1, 0.15) is 43.2 Å². The summed E-state index contributed by atoms with van der Waals surface area (Å²) in [5.41, 5.74) is 11.7. The van der Waals surface area contributed by atoms with Crippen molar-refractivity contribution in [2.24, 2.45) is 23.7 Å². The Hall–Kier alpha value is -5.26. The second kappa shape index (κ2) is 10.7. The molecule has 5 heteroatoms. The van der Waals surface area contributed by atoms with Crippen LogP contribution in [0.5, 0.6) is 0 Å². The largest absolute Gasteiger partial charge is 0.264 e. The molecule has 6 aliphatic rings. The second-order valence-corrected chi connectivity index (χ2v) is 21.4.